The maximum Gasteiger partial charge on any atom is 0.315 e. The Labute approximate surface area is 279 Å². The van der Waals surface area contributed by atoms with Gasteiger partial charge in [0, 0.05) is 55.2 Å². The Morgan fingerprint density at radius 3 is 2.43 bits per heavy atom. The molecule has 1 saturated carbocycles. The molecule has 2 heterocycles. The summed E-state index contributed by atoms with van der Waals surface area (Å²) in [5, 5.41) is 32.9. The largest absolute Gasteiger partial charge is 0.392 e. The number of Topliss-reactive ketones (excluding diaryl/α,β-unsaturated/α-hetero) is 1. The highest BCUT2D eigenvalue weighted by Crippen LogP contribution is 2.34. The SMILES string of the molecule is CCCCC[C@H](O)/C=C/[C@H]1[C@H](O)CC(=O)[C@@H]1C/C=C/CCCC(=O)NCCCCCNC(=O)CCCC[C@H]1SC[C@@H]2NC(=O)N[C@@H]21. The first-order chi connectivity index (χ1) is 22.3. The molecule has 2 aliphatic heterocycles. The number of carbonyl (C=O) groups is 4. The summed E-state index contributed by atoms with van der Waals surface area (Å²) in [6.07, 6.45) is 18.9. The van der Waals surface area contributed by atoms with Gasteiger partial charge in [0.2, 0.25) is 11.8 Å². The van der Waals surface area contributed by atoms with E-state index >= 15 is 0 Å². The molecule has 1 aliphatic carbocycles. The molecule has 3 rings (SSSR count). The molecule has 0 unspecified atom stereocenters. The van der Waals surface area contributed by atoms with Crippen LogP contribution >= 0.6 is 11.8 Å². The highest BCUT2D eigenvalue weighted by molar-refractivity contribution is 8.00. The highest BCUT2D eigenvalue weighted by atomic mass is 32.2. The summed E-state index contributed by atoms with van der Waals surface area (Å²) in [4.78, 5) is 48.2. The molecule has 0 aromatic rings. The van der Waals surface area contributed by atoms with Crippen LogP contribution in [0.1, 0.15) is 110 Å². The summed E-state index contributed by atoms with van der Waals surface area (Å²) in [5.41, 5.74) is 0. The first-order valence-electron chi connectivity index (χ1n) is 17.7. The quantitative estimate of drug-likeness (QED) is 0.0541. The van der Waals surface area contributed by atoms with Gasteiger partial charge in [0.1, 0.15) is 5.78 Å². The third-order valence-corrected chi connectivity index (χ3v) is 10.8. The summed E-state index contributed by atoms with van der Waals surface area (Å²) in [5.74, 6) is 0.628. The third kappa shape index (κ3) is 13.8. The van der Waals surface area contributed by atoms with Crippen LogP contribution in [0.15, 0.2) is 24.3 Å². The third-order valence-electron chi connectivity index (χ3n) is 9.30. The predicted molar refractivity (Wildman–Crippen MR) is 183 cm³/mol. The molecular weight excluding hydrogens is 604 g/mol. The Balaban J connectivity index is 1.13. The fraction of sp³-hybridized carbons (Fsp3) is 0.771. The summed E-state index contributed by atoms with van der Waals surface area (Å²) in [7, 11) is 0. The lowest BCUT2D eigenvalue weighted by molar-refractivity contribution is -0.122. The van der Waals surface area contributed by atoms with Crippen molar-refractivity contribution in [2.75, 3.05) is 18.8 Å². The Bertz CT molecular complexity index is 1020. The van der Waals surface area contributed by atoms with E-state index in [1.54, 1.807) is 6.08 Å². The summed E-state index contributed by atoms with van der Waals surface area (Å²) in [6, 6.07) is 0.407. The van der Waals surface area contributed by atoms with E-state index in [0.717, 1.165) is 76.4 Å². The molecule has 0 spiro atoms. The minimum atomic E-state index is -0.694. The van der Waals surface area contributed by atoms with Crippen LogP contribution in [0, 0.1) is 11.8 Å². The normalized spacial score (nSPS) is 26.4. The number of rotatable bonds is 23. The second-order valence-corrected chi connectivity index (χ2v) is 14.4. The van der Waals surface area contributed by atoms with Crippen molar-refractivity contribution in [1.82, 2.24) is 21.3 Å². The molecule has 46 heavy (non-hydrogen) atoms. The van der Waals surface area contributed by atoms with Gasteiger partial charge in [0.05, 0.1) is 24.3 Å². The number of ketones is 1. The lowest BCUT2D eigenvalue weighted by Gasteiger charge is -2.16. The maximum atomic E-state index is 12.4. The van der Waals surface area contributed by atoms with Crippen molar-refractivity contribution in [2.45, 2.75) is 139 Å². The standard InChI is InChI=1S/C35H58N4O6S/c1-2-3-7-14-25(40)19-20-27-26(29(41)23-30(27)42)15-8-4-5-9-17-32(43)36-21-12-6-13-22-37-33(44)18-11-10-16-31-34-28(24-46-31)38-35(45)39-34/h4,8,19-20,25-28,30-31,34,40,42H,2-3,5-7,9-18,21-24H2,1H3,(H,36,43)(H,37,44)(H2,38,39,45)/b8-4+,20-19+/t25-,26+,27+,28-,30+,31+,34-/m0/s1. The lowest BCUT2D eigenvalue weighted by Crippen LogP contribution is -2.36. The molecule has 260 valence electrons. The van der Waals surface area contributed by atoms with Crippen molar-refractivity contribution in [3.05, 3.63) is 24.3 Å². The lowest BCUT2D eigenvalue weighted by atomic mass is 9.90. The molecule has 0 aromatic carbocycles. The number of thioether (sulfide) groups is 1. The molecule has 0 radical (unpaired) electrons. The van der Waals surface area contributed by atoms with Crippen molar-refractivity contribution in [2.24, 2.45) is 11.8 Å². The Morgan fingerprint density at radius 1 is 0.957 bits per heavy atom. The molecule has 11 heteroatoms. The van der Waals surface area contributed by atoms with E-state index < -0.39 is 12.2 Å². The van der Waals surface area contributed by atoms with Crippen molar-refractivity contribution in [3.8, 4) is 0 Å². The van der Waals surface area contributed by atoms with Crippen LogP contribution in [0.2, 0.25) is 0 Å². The van der Waals surface area contributed by atoms with Gasteiger partial charge in [-0.1, -0.05) is 56.9 Å². The van der Waals surface area contributed by atoms with Crippen LogP contribution in [-0.4, -0.2) is 82.2 Å². The van der Waals surface area contributed by atoms with Crippen molar-refractivity contribution in [1.29, 1.82) is 0 Å². The molecule has 2 saturated heterocycles. The number of nitrogens with one attached hydrogen (secondary N) is 4. The van der Waals surface area contributed by atoms with E-state index in [-0.39, 0.29) is 54.0 Å². The number of allylic oxidation sites excluding steroid dienone is 2. The van der Waals surface area contributed by atoms with Crippen LogP contribution in [0.4, 0.5) is 4.79 Å². The van der Waals surface area contributed by atoms with E-state index in [0.29, 0.717) is 44.0 Å². The highest BCUT2D eigenvalue weighted by Gasteiger charge is 2.42. The first-order valence-corrected chi connectivity index (χ1v) is 18.8. The zero-order valence-corrected chi connectivity index (χ0v) is 28.5. The molecule has 0 bridgehead atoms. The minimum absolute atomic E-state index is 0.0385. The smallest absolute Gasteiger partial charge is 0.315 e. The van der Waals surface area contributed by atoms with E-state index in [2.05, 4.69) is 28.2 Å². The number of hydrogen-bond donors (Lipinski definition) is 6. The van der Waals surface area contributed by atoms with Crippen LogP contribution in [0.25, 0.3) is 0 Å². The number of urea groups is 1. The van der Waals surface area contributed by atoms with Gasteiger partial charge in [-0.25, -0.2) is 4.79 Å². The van der Waals surface area contributed by atoms with Gasteiger partial charge in [-0.3, -0.25) is 14.4 Å². The molecule has 0 aromatic heterocycles. The summed E-state index contributed by atoms with van der Waals surface area (Å²) >= 11 is 1.90. The number of aliphatic hydroxyl groups is 2. The molecule has 4 amide bonds. The number of fused-ring (bicyclic) bond motifs is 1. The Morgan fingerprint density at radius 2 is 1.70 bits per heavy atom. The molecule has 10 nitrogen and oxygen atoms in total. The Kier molecular flexibility index (Phi) is 17.8. The average Bonchev–Trinajstić information content (AvgIpc) is 3.66. The van der Waals surface area contributed by atoms with Crippen LogP contribution in [0.3, 0.4) is 0 Å². The van der Waals surface area contributed by atoms with Gasteiger partial charge in [0.25, 0.3) is 0 Å². The number of carbonyl (C=O) groups excluding carboxylic acids is 4. The molecule has 6 N–H and O–H groups in total. The first kappa shape index (κ1) is 38.1. The summed E-state index contributed by atoms with van der Waals surface area (Å²) < 4.78 is 0. The molecule has 7 atom stereocenters. The minimum Gasteiger partial charge on any atom is -0.392 e. The molecular formula is C35H58N4O6S. The fourth-order valence-electron chi connectivity index (χ4n) is 6.56. The molecule has 3 fully saturated rings. The number of aliphatic hydroxyl groups excluding tert-OH is 2. The van der Waals surface area contributed by atoms with Gasteiger partial charge in [-0.05, 0) is 57.8 Å². The van der Waals surface area contributed by atoms with Crippen molar-refractivity contribution < 1.29 is 29.4 Å². The number of hydrogen-bond acceptors (Lipinski definition) is 7. The van der Waals surface area contributed by atoms with Gasteiger partial charge in [-0.15, -0.1) is 0 Å². The second kappa shape index (κ2) is 21.5. The van der Waals surface area contributed by atoms with Crippen LogP contribution in [0.5, 0.6) is 0 Å². The molecule has 3 aliphatic rings. The second-order valence-electron chi connectivity index (χ2n) is 13.1. The average molecular weight is 663 g/mol. The van der Waals surface area contributed by atoms with Crippen LogP contribution in [-0.2, 0) is 14.4 Å². The zero-order valence-electron chi connectivity index (χ0n) is 27.7. The zero-order chi connectivity index (χ0) is 33.1. The van der Waals surface area contributed by atoms with E-state index in [4.69, 9.17) is 0 Å². The topological polar surface area (TPSA) is 157 Å². The maximum absolute atomic E-state index is 12.4. The van der Waals surface area contributed by atoms with E-state index in [1.807, 2.05) is 30.0 Å². The fourth-order valence-corrected chi connectivity index (χ4v) is 8.10. The van der Waals surface area contributed by atoms with Gasteiger partial charge in [0.15, 0.2) is 0 Å². The van der Waals surface area contributed by atoms with Crippen molar-refractivity contribution in [3.63, 3.8) is 0 Å². The van der Waals surface area contributed by atoms with Crippen LogP contribution < -0.4 is 21.3 Å². The predicted octanol–water partition coefficient (Wildman–Crippen LogP) is 4.30. The van der Waals surface area contributed by atoms with Gasteiger partial charge in [-0.2, -0.15) is 11.8 Å². The van der Waals surface area contributed by atoms with Crippen molar-refractivity contribution >= 4 is 35.4 Å². The Hall–Kier alpha value is -2.37. The summed E-state index contributed by atoms with van der Waals surface area (Å²) in [6.45, 7) is 3.41. The van der Waals surface area contributed by atoms with Gasteiger partial charge < -0.3 is 31.5 Å². The monoisotopic (exact) mass is 662 g/mol. The van der Waals surface area contributed by atoms with E-state index in [9.17, 15) is 29.4 Å². The van der Waals surface area contributed by atoms with Gasteiger partial charge >= 0.3 is 6.03 Å². The van der Waals surface area contributed by atoms with E-state index in [1.165, 1.54) is 0 Å². The number of amides is 4. The number of unbranched alkanes of at least 4 members (excludes halogenated alkanes) is 6.